The molecule has 0 aromatic heterocycles. The largest absolute Gasteiger partial charge is 0.433 e. The molecule has 3 amide bonds. The van der Waals surface area contributed by atoms with E-state index < -0.39 is 48.8 Å². The number of benzene rings is 1. The Morgan fingerprint density at radius 2 is 2.00 bits per heavy atom. The van der Waals surface area contributed by atoms with Crippen LogP contribution in [-0.4, -0.2) is 74.3 Å². The van der Waals surface area contributed by atoms with Crippen LogP contribution < -0.4 is 20.7 Å². The molecule has 3 N–H and O–H groups in total. The maximum atomic E-state index is 13.2. The van der Waals surface area contributed by atoms with Gasteiger partial charge in [-0.3, -0.25) is 19.3 Å². The van der Waals surface area contributed by atoms with Crippen molar-refractivity contribution in [2.75, 3.05) is 43.1 Å². The molecule has 35 heavy (non-hydrogen) atoms. The molecule has 1 aliphatic heterocycles. The summed E-state index contributed by atoms with van der Waals surface area (Å²) in [4.78, 5) is 38.8. The Kier molecular flexibility index (Phi) is 8.48. The minimum atomic E-state index is -4.69. The van der Waals surface area contributed by atoms with E-state index in [2.05, 4.69) is 10.1 Å². The van der Waals surface area contributed by atoms with E-state index >= 15 is 0 Å². The van der Waals surface area contributed by atoms with Crippen molar-refractivity contribution < 1.29 is 45.8 Å². The van der Waals surface area contributed by atoms with Gasteiger partial charge in [0.25, 0.3) is 11.8 Å². The molecule has 9 nitrogen and oxygen atoms in total. The standard InChI is InChI=1S/C21H25F5N4O5/c22-20(23)35-15-8-13(4-5-14(15)30-6-7-34-10-16(30)31)28-19(33)17(18(27)32)29(11-21(24,25)26)9-12-2-1-3-12/h4-5,8,12,17,20H,1-3,6-7,9-11H2,(H2,27,32)(H,28,33)/t17-/m1/s1. The maximum Gasteiger partial charge on any atom is 0.401 e. The van der Waals surface area contributed by atoms with Crippen molar-refractivity contribution in [1.29, 1.82) is 0 Å². The van der Waals surface area contributed by atoms with E-state index in [-0.39, 0.29) is 43.6 Å². The molecule has 3 rings (SSSR count). The summed E-state index contributed by atoms with van der Waals surface area (Å²) in [6, 6.07) is 1.52. The van der Waals surface area contributed by atoms with Crippen LogP contribution in [-0.2, 0) is 19.1 Å². The number of alkyl halides is 5. The third-order valence-electron chi connectivity index (χ3n) is 5.70. The quantitative estimate of drug-likeness (QED) is 0.370. The number of carbonyl (C=O) groups is 3. The predicted molar refractivity (Wildman–Crippen MR) is 113 cm³/mol. The number of hydrogen-bond donors (Lipinski definition) is 2. The first kappa shape index (κ1) is 26.6. The molecule has 0 radical (unpaired) electrons. The highest BCUT2D eigenvalue weighted by Gasteiger charge is 2.41. The van der Waals surface area contributed by atoms with E-state index in [0.717, 1.165) is 12.5 Å². The number of nitrogens with two attached hydrogens (primary N) is 1. The van der Waals surface area contributed by atoms with Crippen LogP contribution in [0.1, 0.15) is 19.3 Å². The first-order chi connectivity index (χ1) is 16.4. The highest BCUT2D eigenvalue weighted by atomic mass is 19.4. The fourth-order valence-corrected chi connectivity index (χ4v) is 3.96. The van der Waals surface area contributed by atoms with Gasteiger partial charge in [0.2, 0.25) is 5.91 Å². The first-order valence-corrected chi connectivity index (χ1v) is 10.8. The molecular weight excluding hydrogens is 483 g/mol. The zero-order chi connectivity index (χ0) is 25.8. The lowest BCUT2D eigenvalue weighted by Gasteiger charge is -2.35. The third kappa shape index (κ3) is 7.24. The van der Waals surface area contributed by atoms with Gasteiger partial charge in [0.1, 0.15) is 6.61 Å². The fourth-order valence-electron chi connectivity index (χ4n) is 3.96. The molecule has 0 unspecified atom stereocenters. The van der Waals surface area contributed by atoms with E-state index in [9.17, 15) is 36.3 Å². The highest BCUT2D eigenvalue weighted by molar-refractivity contribution is 6.09. The van der Waals surface area contributed by atoms with Gasteiger partial charge in [-0.05, 0) is 30.9 Å². The number of rotatable bonds is 10. The molecule has 1 atom stereocenters. The van der Waals surface area contributed by atoms with Crippen molar-refractivity contribution in [2.24, 2.45) is 11.7 Å². The van der Waals surface area contributed by atoms with Gasteiger partial charge in [0, 0.05) is 24.8 Å². The summed E-state index contributed by atoms with van der Waals surface area (Å²) < 4.78 is 75.0. The van der Waals surface area contributed by atoms with Crippen LogP contribution in [0.3, 0.4) is 0 Å². The Hall–Kier alpha value is -3.00. The first-order valence-electron chi connectivity index (χ1n) is 10.8. The second kappa shape index (κ2) is 11.2. The van der Waals surface area contributed by atoms with Crippen molar-refractivity contribution in [1.82, 2.24) is 4.90 Å². The molecule has 1 aliphatic carbocycles. The minimum absolute atomic E-state index is 0.00766. The van der Waals surface area contributed by atoms with Gasteiger partial charge < -0.3 is 25.4 Å². The average molecular weight is 508 g/mol. The number of ether oxygens (including phenoxy) is 2. The molecular formula is C21H25F5N4O5. The summed E-state index contributed by atoms with van der Waals surface area (Å²) in [5.41, 5.74) is 5.14. The SMILES string of the molecule is NC(=O)[C@H](C(=O)Nc1ccc(N2CCOCC2=O)c(OC(F)F)c1)N(CC1CCC1)CC(F)(F)F. The molecule has 1 aromatic rings. The van der Waals surface area contributed by atoms with Crippen LogP contribution in [0.5, 0.6) is 5.75 Å². The van der Waals surface area contributed by atoms with Crippen LogP contribution in [0.15, 0.2) is 18.2 Å². The lowest BCUT2D eigenvalue weighted by Crippen LogP contribution is -2.56. The fraction of sp³-hybridized carbons (Fsp3) is 0.571. The number of carbonyl (C=O) groups excluding carboxylic acids is 3. The van der Waals surface area contributed by atoms with Gasteiger partial charge in [0.15, 0.2) is 11.8 Å². The number of primary amides is 1. The molecule has 1 saturated heterocycles. The second-order valence-electron chi connectivity index (χ2n) is 8.29. The van der Waals surface area contributed by atoms with Gasteiger partial charge in [0.05, 0.1) is 18.8 Å². The zero-order valence-electron chi connectivity index (χ0n) is 18.5. The number of halogens is 5. The Bertz CT molecular complexity index is 941. The van der Waals surface area contributed by atoms with Gasteiger partial charge in [-0.15, -0.1) is 0 Å². The van der Waals surface area contributed by atoms with Crippen molar-refractivity contribution in [2.45, 2.75) is 38.1 Å². The summed E-state index contributed by atoms with van der Waals surface area (Å²) in [5.74, 6) is -3.50. The Morgan fingerprint density at radius 3 is 2.54 bits per heavy atom. The van der Waals surface area contributed by atoms with E-state index in [1.807, 2.05) is 0 Å². The van der Waals surface area contributed by atoms with E-state index in [1.165, 1.54) is 17.0 Å². The predicted octanol–water partition coefficient (Wildman–Crippen LogP) is 2.11. The molecule has 2 fully saturated rings. The lowest BCUT2D eigenvalue weighted by atomic mass is 9.84. The van der Waals surface area contributed by atoms with Crippen LogP contribution in [0, 0.1) is 5.92 Å². The van der Waals surface area contributed by atoms with Gasteiger partial charge >= 0.3 is 12.8 Å². The van der Waals surface area contributed by atoms with E-state index in [1.54, 1.807) is 0 Å². The molecule has 0 spiro atoms. The zero-order valence-corrected chi connectivity index (χ0v) is 18.5. The lowest BCUT2D eigenvalue weighted by molar-refractivity contribution is -0.159. The number of nitrogens with zero attached hydrogens (tertiary/aromatic N) is 2. The molecule has 1 heterocycles. The Morgan fingerprint density at radius 1 is 1.29 bits per heavy atom. The van der Waals surface area contributed by atoms with Crippen molar-refractivity contribution in [3.05, 3.63) is 18.2 Å². The number of amides is 3. The highest BCUT2D eigenvalue weighted by Crippen LogP contribution is 2.34. The molecule has 1 saturated carbocycles. The summed E-state index contributed by atoms with van der Waals surface area (Å²) in [6.07, 6.45) is -2.53. The number of nitrogens with one attached hydrogen (secondary N) is 1. The van der Waals surface area contributed by atoms with E-state index in [4.69, 9.17) is 10.5 Å². The van der Waals surface area contributed by atoms with Crippen molar-refractivity contribution >= 4 is 29.1 Å². The maximum absolute atomic E-state index is 13.2. The summed E-state index contributed by atoms with van der Waals surface area (Å²) >= 11 is 0. The van der Waals surface area contributed by atoms with Crippen LogP contribution in [0.4, 0.5) is 33.3 Å². The van der Waals surface area contributed by atoms with Gasteiger partial charge in [-0.25, -0.2) is 0 Å². The summed E-state index contributed by atoms with van der Waals surface area (Å²) in [5, 5.41) is 2.25. The molecule has 194 valence electrons. The minimum Gasteiger partial charge on any atom is -0.433 e. The average Bonchev–Trinajstić information content (AvgIpc) is 2.70. The topological polar surface area (TPSA) is 114 Å². The molecule has 2 aliphatic rings. The van der Waals surface area contributed by atoms with Gasteiger partial charge in [-0.1, -0.05) is 6.42 Å². The molecule has 14 heteroatoms. The number of hydrogen-bond acceptors (Lipinski definition) is 6. The smallest absolute Gasteiger partial charge is 0.401 e. The Balaban J connectivity index is 1.84. The molecule has 0 bridgehead atoms. The van der Waals surface area contributed by atoms with Crippen LogP contribution in [0.2, 0.25) is 0 Å². The molecule has 1 aromatic carbocycles. The van der Waals surface area contributed by atoms with E-state index in [0.29, 0.717) is 17.7 Å². The third-order valence-corrected chi connectivity index (χ3v) is 5.70. The normalized spacial score (nSPS) is 17.9. The monoisotopic (exact) mass is 508 g/mol. The number of morpholine rings is 1. The van der Waals surface area contributed by atoms with Crippen LogP contribution in [0.25, 0.3) is 0 Å². The van der Waals surface area contributed by atoms with Crippen LogP contribution >= 0.6 is 0 Å². The summed E-state index contributed by atoms with van der Waals surface area (Å²) in [7, 11) is 0. The van der Waals surface area contributed by atoms with Crippen molar-refractivity contribution in [3.8, 4) is 5.75 Å². The van der Waals surface area contributed by atoms with Crippen molar-refractivity contribution in [3.63, 3.8) is 0 Å². The second-order valence-corrected chi connectivity index (χ2v) is 8.29. The summed E-state index contributed by atoms with van der Waals surface area (Å²) in [6.45, 7) is -4.97. The Labute approximate surface area is 197 Å². The number of anilines is 2. The van der Waals surface area contributed by atoms with Gasteiger partial charge in [-0.2, -0.15) is 22.0 Å².